The van der Waals surface area contributed by atoms with Crippen LogP contribution in [0.15, 0.2) is 34.9 Å². The molecule has 2 aromatic rings. The third kappa shape index (κ3) is 3.54. The molecule has 0 unspecified atom stereocenters. The van der Waals surface area contributed by atoms with Crippen LogP contribution in [0, 0.1) is 5.92 Å². The highest BCUT2D eigenvalue weighted by Gasteiger charge is 2.26. The average Bonchev–Trinajstić information content (AvgIpc) is 3.03. The van der Waals surface area contributed by atoms with Crippen LogP contribution in [0.25, 0.3) is 0 Å². The van der Waals surface area contributed by atoms with Crippen LogP contribution in [-0.4, -0.2) is 33.2 Å². The van der Waals surface area contributed by atoms with Gasteiger partial charge in [0.15, 0.2) is 5.82 Å². The molecule has 118 valence electrons. The van der Waals surface area contributed by atoms with Gasteiger partial charge in [-0.05, 0) is 37.4 Å². The van der Waals surface area contributed by atoms with Crippen LogP contribution < -0.4 is 0 Å². The Morgan fingerprint density at radius 1 is 1.27 bits per heavy atom. The summed E-state index contributed by atoms with van der Waals surface area (Å²) in [5.41, 5.74) is 1.02. The van der Waals surface area contributed by atoms with Crippen LogP contribution in [0.2, 0.25) is 0 Å². The van der Waals surface area contributed by atoms with Crippen molar-refractivity contribution in [3.8, 4) is 0 Å². The Labute approximate surface area is 131 Å². The van der Waals surface area contributed by atoms with Crippen molar-refractivity contribution in [2.24, 2.45) is 5.92 Å². The number of aryl methyl sites for hydroxylation is 1. The first-order valence-corrected chi connectivity index (χ1v) is 8.03. The quantitative estimate of drug-likeness (QED) is 0.919. The molecule has 0 aliphatic carbocycles. The Bertz CT molecular complexity index is 577. The summed E-state index contributed by atoms with van der Waals surface area (Å²) < 4.78 is 5.25. The lowest BCUT2D eigenvalue weighted by Crippen LogP contribution is -2.35. The van der Waals surface area contributed by atoms with Crippen molar-refractivity contribution in [2.45, 2.75) is 38.8 Å². The maximum atomic E-state index is 10.5. The summed E-state index contributed by atoms with van der Waals surface area (Å²) in [5.74, 6) is 1.79. The summed E-state index contributed by atoms with van der Waals surface area (Å²) in [5, 5.41) is 14.4. The Morgan fingerprint density at radius 3 is 2.64 bits per heavy atom. The second-order valence-corrected chi connectivity index (χ2v) is 5.93. The molecule has 0 radical (unpaired) electrons. The van der Waals surface area contributed by atoms with Gasteiger partial charge in [0.1, 0.15) is 0 Å². The van der Waals surface area contributed by atoms with Crippen LogP contribution in [0.1, 0.15) is 43.1 Å². The summed E-state index contributed by atoms with van der Waals surface area (Å²) >= 11 is 0. The molecule has 1 aromatic carbocycles. The molecular weight excluding hydrogens is 278 g/mol. The van der Waals surface area contributed by atoms with E-state index >= 15 is 0 Å². The largest absolute Gasteiger partial charge is 0.388 e. The topological polar surface area (TPSA) is 62.4 Å². The second kappa shape index (κ2) is 7.03. The predicted molar refractivity (Wildman–Crippen MR) is 83.1 cm³/mol. The van der Waals surface area contributed by atoms with E-state index in [-0.39, 0.29) is 6.10 Å². The fourth-order valence-electron chi connectivity index (χ4n) is 3.04. The summed E-state index contributed by atoms with van der Waals surface area (Å²) in [4.78, 5) is 6.68. The summed E-state index contributed by atoms with van der Waals surface area (Å²) in [6.07, 6.45) is 2.42. The minimum atomic E-state index is -0.363. The van der Waals surface area contributed by atoms with E-state index in [1.165, 1.54) is 0 Å². The number of aromatic nitrogens is 2. The molecule has 1 atom stereocenters. The van der Waals surface area contributed by atoms with E-state index in [0.717, 1.165) is 43.7 Å². The zero-order chi connectivity index (χ0) is 15.4. The van der Waals surface area contributed by atoms with Gasteiger partial charge in [-0.3, -0.25) is 4.90 Å². The number of hydrogen-bond donors (Lipinski definition) is 1. The van der Waals surface area contributed by atoms with E-state index in [1.54, 1.807) is 0 Å². The standard InChI is InChI=1S/C17H23N3O2/c1-2-15-18-16(22-19-15)12-20-10-8-14(9-11-20)17(21)13-6-4-3-5-7-13/h3-7,14,17,21H,2,8-12H2,1H3/t17-/m1/s1. The van der Waals surface area contributed by atoms with E-state index in [1.807, 2.05) is 37.3 Å². The monoisotopic (exact) mass is 301 g/mol. The van der Waals surface area contributed by atoms with Gasteiger partial charge < -0.3 is 9.63 Å². The summed E-state index contributed by atoms with van der Waals surface area (Å²) in [7, 11) is 0. The predicted octanol–water partition coefficient (Wildman–Crippen LogP) is 2.58. The lowest BCUT2D eigenvalue weighted by molar-refractivity contribution is 0.0538. The van der Waals surface area contributed by atoms with Gasteiger partial charge in [0.2, 0.25) is 5.89 Å². The normalized spacial score (nSPS) is 18.5. The van der Waals surface area contributed by atoms with Crippen LogP contribution in [0.3, 0.4) is 0 Å². The molecule has 0 spiro atoms. The van der Waals surface area contributed by atoms with Gasteiger partial charge in [-0.1, -0.05) is 42.4 Å². The zero-order valence-corrected chi connectivity index (χ0v) is 13.0. The highest BCUT2D eigenvalue weighted by atomic mass is 16.5. The average molecular weight is 301 g/mol. The number of aliphatic hydroxyl groups is 1. The molecule has 1 aliphatic heterocycles. The van der Waals surface area contributed by atoms with Gasteiger partial charge in [0.25, 0.3) is 0 Å². The fourth-order valence-corrected chi connectivity index (χ4v) is 3.04. The van der Waals surface area contributed by atoms with Crippen molar-refractivity contribution < 1.29 is 9.63 Å². The van der Waals surface area contributed by atoms with Gasteiger partial charge >= 0.3 is 0 Å². The first-order valence-electron chi connectivity index (χ1n) is 8.03. The number of hydrogen-bond acceptors (Lipinski definition) is 5. The number of nitrogens with zero attached hydrogens (tertiary/aromatic N) is 3. The molecule has 3 rings (SSSR count). The number of aliphatic hydroxyl groups excluding tert-OH is 1. The van der Waals surface area contributed by atoms with Crippen LogP contribution >= 0.6 is 0 Å². The molecule has 22 heavy (non-hydrogen) atoms. The van der Waals surface area contributed by atoms with Crippen LogP contribution in [0.5, 0.6) is 0 Å². The van der Waals surface area contributed by atoms with Crippen molar-refractivity contribution in [1.82, 2.24) is 15.0 Å². The Morgan fingerprint density at radius 2 is 2.00 bits per heavy atom. The number of likely N-dealkylation sites (tertiary alicyclic amines) is 1. The van der Waals surface area contributed by atoms with E-state index < -0.39 is 0 Å². The lowest BCUT2D eigenvalue weighted by Gasteiger charge is -2.33. The van der Waals surface area contributed by atoms with E-state index in [2.05, 4.69) is 15.0 Å². The fraction of sp³-hybridized carbons (Fsp3) is 0.529. The van der Waals surface area contributed by atoms with Crippen molar-refractivity contribution >= 4 is 0 Å². The lowest BCUT2D eigenvalue weighted by atomic mass is 9.87. The third-order valence-electron chi connectivity index (χ3n) is 4.41. The summed E-state index contributed by atoms with van der Waals surface area (Å²) in [6.45, 7) is 4.64. The number of rotatable bonds is 5. The minimum Gasteiger partial charge on any atom is -0.388 e. The van der Waals surface area contributed by atoms with E-state index in [0.29, 0.717) is 18.4 Å². The van der Waals surface area contributed by atoms with Crippen molar-refractivity contribution in [2.75, 3.05) is 13.1 Å². The van der Waals surface area contributed by atoms with Crippen LogP contribution in [0.4, 0.5) is 0 Å². The maximum Gasteiger partial charge on any atom is 0.240 e. The van der Waals surface area contributed by atoms with Gasteiger partial charge in [-0.25, -0.2) is 0 Å². The molecule has 1 N–H and O–H groups in total. The van der Waals surface area contributed by atoms with Crippen LogP contribution in [-0.2, 0) is 13.0 Å². The number of piperidine rings is 1. The third-order valence-corrected chi connectivity index (χ3v) is 4.41. The summed E-state index contributed by atoms with van der Waals surface area (Å²) in [6, 6.07) is 9.94. The Kier molecular flexibility index (Phi) is 4.85. The van der Waals surface area contributed by atoms with E-state index in [4.69, 9.17) is 4.52 Å². The Balaban J connectivity index is 1.52. The van der Waals surface area contributed by atoms with Gasteiger partial charge in [0.05, 0.1) is 12.6 Å². The van der Waals surface area contributed by atoms with Gasteiger partial charge in [-0.2, -0.15) is 4.98 Å². The zero-order valence-electron chi connectivity index (χ0n) is 13.0. The molecule has 0 amide bonds. The maximum absolute atomic E-state index is 10.5. The smallest absolute Gasteiger partial charge is 0.240 e. The second-order valence-electron chi connectivity index (χ2n) is 5.93. The first kappa shape index (κ1) is 15.2. The minimum absolute atomic E-state index is 0.326. The molecule has 5 heteroatoms. The SMILES string of the molecule is CCc1noc(CN2CCC([C@H](O)c3ccccc3)CC2)n1. The molecule has 5 nitrogen and oxygen atoms in total. The van der Waals surface area contributed by atoms with Crippen molar-refractivity contribution in [3.05, 3.63) is 47.6 Å². The van der Waals surface area contributed by atoms with Gasteiger partial charge in [-0.15, -0.1) is 0 Å². The Hall–Kier alpha value is -1.72. The molecule has 1 aliphatic rings. The first-order chi connectivity index (χ1) is 10.8. The molecule has 1 aromatic heterocycles. The van der Waals surface area contributed by atoms with E-state index in [9.17, 15) is 5.11 Å². The molecule has 1 fully saturated rings. The highest BCUT2D eigenvalue weighted by Crippen LogP contribution is 2.30. The van der Waals surface area contributed by atoms with Gasteiger partial charge in [0, 0.05) is 6.42 Å². The molecule has 0 bridgehead atoms. The highest BCUT2D eigenvalue weighted by molar-refractivity contribution is 5.18. The number of benzene rings is 1. The molecule has 0 saturated carbocycles. The molecular formula is C17H23N3O2. The molecule has 1 saturated heterocycles. The molecule has 2 heterocycles. The van der Waals surface area contributed by atoms with Crippen molar-refractivity contribution in [3.63, 3.8) is 0 Å². The van der Waals surface area contributed by atoms with Crippen molar-refractivity contribution in [1.29, 1.82) is 0 Å².